The first kappa shape index (κ1) is 17.7. The lowest BCUT2D eigenvalue weighted by atomic mass is 10.1. The molecule has 5 heteroatoms. The highest BCUT2D eigenvalue weighted by Gasteiger charge is 2.13. The van der Waals surface area contributed by atoms with Crippen molar-refractivity contribution in [1.29, 1.82) is 0 Å². The molecule has 2 N–H and O–H groups in total. The Bertz CT molecular complexity index is 592. The molecule has 2 aromatic rings. The maximum absolute atomic E-state index is 9.93. The van der Waals surface area contributed by atoms with Crippen molar-refractivity contribution in [1.82, 2.24) is 20.0 Å². The van der Waals surface area contributed by atoms with Crippen molar-refractivity contribution in [2.75, 3.05) is 27.2 Å². The number of aliphatic hydroxyl groups is 1. The van der Waals surface area contributed by atoms with Crippen LogP contribution in [0.2, 0.25) is 0 Å². The number of para-hydroxylation sites is 1. The van der Waals surface area contributed by atoms with Gasteiger partial charge < -0.3 is 15.3 Å². The number of hydrogen-bond donors (Lipinski definition) is 2. The highest BCUT2D eigenvalue weighted by atomic mass is 16.3. The van der Waals surface area contributed by atoms with Crippen molar-refractivity contribution in [3.05, 3.63) is 47.8 Å². The number of nitrogens with zero attached hydrogens (tertiary/aromatic N) is 3. The van der Waals surface area contributed by atoms with Gasteiger partial charge in [-0.25, -0.2) is 4.68 Å². The van der Waals surface area contributed by atoms with E-state index in [1.165, 1.54) is 5.56 Å². The molecule has 0 aliphatic rings. The number of aliphatic hydroxyl groups excluding tert-OH is 1. The fraction of sp³-hybridized carbons (Fsp3) is 0.500. The Morgan fingerprint density at radius 1 is 1.22 bits per heavy atom. The highest BCUT2D eigenvalue weighted by Crippen LogP contribution is 2.19. The number of likely N-dealkylation sites (N-methyl/N-ethyl adjacent to an activating group) is 1. The molecular formula is C18H28N4O. The average molecular weight is 316 g/mol. The monoisotopic (exact) mass is 316 g/mol. The van der Waals surface area contributed by atoms with Crippen molar-refractivity contribution in [2.24, 2.45) is 0 Å². The van der Waals surface area contributed by atoms with E-state index < -0.39 is 0 Å². The van der Waals surface area contributed by atoms with Gasteiger partial charge in [0, 0.05) is 31.4 Å². The first-order valence-corrected chi connectivity index (χ1v) is 8.14. The van der Waals surface area contributed by atoms with Crippen LogP contribution in [0.25, 0.3) is 5.69 Å². The van der Waals surface area contributed by atoms with Gasteiger partial charge in [0.2, 0.25) is 0 Å². The molecule has 126 valence electrons. The summed E-state index contributed by atoms with van der Waals surface area (Å²) in [5, 5.41) is 18.0. The van der Waals surface area contributed by atoms with Gasteiger partial charge in [-0.2, -0.15) is 5.10 Å². The zero-order valence-electron chi connectivity index (χ0n) is 14.5. The van der Waals surface area contributed by atoms with Crippen LogP contribution in [0.5, 0.6) is 0 Å². The number of nitrogens with one attached hydrogen (secondary N) is 1. The van der Waals surface area contributed by atoms with Gasteiger partial charge in [-0.3, -0.25) is 0 Å². The molecular weight excluding hydrogens is 288 g/mol. The second-order valence-corrected chi connectivity index (χ2v) is 6.52. The summed E-state index contributed by atoms with van der Waals surface area (Å²) in [6, 6.07) is 10.1. The molecule has 0 amide bonds. The van der Waals surface area contributed by atoms with E-state index in [-0.39, 0.29) is 6.10 Å². The normalized spacial score (nSPS) is 13.0. The lowest BCUT2D eigenvalue weighted by molar-refractivity contribution is 0.134. The average Bonchev–Trinajstić information content (AvgIpc) is 2.92. The quantitative estimate of drug-likeness (QED) is 0.782. The Balaban J connectivity index is 2.04. The zero-order valence-corrected chi connectivity index (χ0v) is 14.5. The Hall–Kier alpha value is -1.69. The fourth-order valence-electron chi connectivity index (χ4n) is 2.62. The molecule has 1 heterocycles. The smallest absolute Gasteiger partial charge is 0.0791 e. The van der Waals surface area contributed by atoms with E-state index in [0.29, 0.717) is 25.6 Å². The predicted molar refractivity (Wildman–Crippen MR) is 93.9 cm³/mol. The van der Waals surface area contributed by atoms with E-state index >= 15 is 0 Å². The molecule has 2 rings (SSSR count). The third-order valence-corrected chi connectivity index (χ3v) is 3.66. The SMILES string of the molecule is CC(C)c1nn(-c2ccccc2)cc1CNC[C@H](O)CN(C)C. The maximum Gasteiger partial charge on any atom is 0.0791 e. The third-order valence-electron chi connectivity index (χ3n) is 3.66. The molecule has 0 spiro atoms. The Morgan fingerprint density at radius 3 is 2.52 bits per heavy atom. The molecule has 23 heavy (non-hydrogen) atoms. The van der Waals surface area contributed by atoms with Crippen LogP contribution in [0.3, 0.4) is 0 Å². The van der Waals surface area contributed by atoms with Crippen LogP contribution in [-0.2, 0) is 6.54 Å². The lowest BCUT2D eigenvalue weighted by Gasteiger charge is -2.16. The molecule has 0 bridgehead atoms. The van der Waals surface area contributed by atoms with Gasteiger partial charge in [0.1, 0.15) is 0 Å². The zero-order chi connectivity index (χ0) is 16.8. The minimum Gasteiger partial charge on any atom is -0.390 e. The van der Waals surface area contributed by atoms with Gasteiger partial charge in [0.25, 0.3) is 0 Å². The summed E-state index contributed by atoms with van der Waals surface area (Å²) in [4.78, 5) is 1.99. The first-order valence-electron chi connectivity index (χ1n) is 8.14. The summed E-state index contributed by atoms with van der Waals surface area (Å²) in [5.74, 6) is 0.364. The molecule has 1 aromatic carbocycles. The molecule has 0 saturated heterocycles. The molecule has 0 saturated carbocycles. The van der Waals surface area contributed by atoms with Crippen molar-refractivity contribution < 1.29 is 5.11 Å². The van der Waals surface area contributed by atoms with E-state index in [0.717, 1.165) is 11.4 Å². The van der Waals surface area contributed by atoms with E-state index in [1.54, 1.807) is 0 Å². The van der Waals surface area contributed by atoms with E-state index in [1.807, 2.05) is 41.9 Å². The van der Waals surface area contributed by atoms with Crippen molar-refractivity contribution >= 4 is 0 Å². The standard InChI is InChI=1S/C18H28N4O/c1-14(2)18-15(10-19-11-17(23)13-21(3)4)12-22(20-18)16-8-6-5-7-9-16/h5-9,12,14,17,19,23H,10-11,13H2,1-4H3/t17-/m0/s1. The summed E-state index contributed by atoms with van der Waals surface area (Å²) < 4.78 is 1.93. The largest absolute Gasteiger partial charge is 0.390 e. The van der Waals surface area contributed by atoms with Crippen LogP contribution in [0, 0.1) is 0 Å². The third kappa shape index (κ3) is 5.16. The Morgan fingerprint density at radius 2 is 1.91 bits per heavy atom. The fourth-order valence-corrected chi connectivity index (χ4v) is 2.62. The van der Waals surface area contributed by atoms with Gasteiger partial charge in [0.05, 0.1) is 17.5 Å². The minimum atomic E-state index is -0.364. The summed E-state index contributed by atoms with van der Waals surface area (Å²) in [7, 11) is 3.92. The maximum atomic E-state index is 9.93. The van der Waals surface area contributed by atoms with Gasteiger partial charge in [0.15, 0.2) is 0 Å². The Kier molecular flexibility index (Phi) is 6.33. The van der Waals surface area contributed by atoms with Crippen LogP contribution < -0.4 is 5.32 Å². The molecule has 1 atom stereocenters. The summed E-state index contributed by atoms with van der Waals surface area (Å²) >= 11 is 0. The second kappa shape index (κ2) is 8.24. The first-order chi connectivity index (χ1) is 11.0. The van der Waals surface area contributed by atoms with Crippen LogP contribution in [0.1, 0.15) is 31.0 Å². The van der Waals surface area contributed by atoms with Crippen LogP contribution in [0.15, 0.2) is 36.5 Å². The van der Waals surface area contributed by atoms with Crippen molar-refractivity contribution in [3.63, 3.8) is 0 Å². The van der Waals surface area contributed by atoms with Crippen LogP contribution >= 0.6 is 0 Å². The molecule has 0 aliphatic heterocycles. The van der Waals surface area contributed by atoms with Gasteiger partial charge in [-0.1, -0.05) is 32.0 Å². The number of aromatic nitrogens is 2. The summed E-state index contributed by atoms with van der Waals surface area (Å²) in [6.07, 6.45) is 1.72. The van der Waals surface area contributed by atoms with E-state index in [2.05, 4.69) is 37.5 Å². The van der Waals surface area contributed by atoms with E-state index in [4.69, 9.17) is 5.10 Å². The van der Waals surface area contributed by atoms with E-state index in [9.17, 15) is 5.11 Å². The summed E-state index contributed by atoms with van der Waals surface area (Å²) in [6.45, 7) is 6.26. The number of hydrogen-bond acceptors (Lipinski definition) is 4. The molecule has 0 radical (unpaired) electrons. The van der Waals surface area contributed by atoms with Gasteiger partial charge in [-0.05, 0) is 32.1 Å². The highest BCUT2D eigenvalue weighted by molar-refractivity contribution is 5.33. The predicted octanol–water partition coefficient (Wildman–Crippen LogP) is 2.01. The van der Waals surface area contributed by atoms with Crippen molar-refractivity contribution in [3.8, 4) is 5.69 Å². The topological polar surface area (TPSA) is 53.3 Å². The molecule has 5 nitrogen and oxygen atoms in total. The second-order valence-electron chi connectivity index (χ2n) is 6.52. The molecule has 0 fully saturated rings. The summed E-state index contributed by atoms with van der Waals surface area (Å²) in [5.41, 5.74) is 3.35. The molecule has 0 aliphatic carbocycles. The lowest BCUT2D eigenvalue weighted by Crippen LogP contribution is -2.34. The molecule has 1 aromatic heterocycles. The van der Waals surface area contributed by atoms with Crippen LogP contribution in [0.4, 0.5) is 0 Å². The van der Waals surface area contributed by atoms with Crippen molar-refractivity contribution in [2.45, 2.75) is 32.4 Å². The van der Waals surface area contributed by atoms with Crippen LogP contribution in [-0.4, -0.2) is 53.1 Å². The Labute approximate surface area is 138 Å². The minimum absolute atomic E-state index is 0.364. The number of rotatable bonds is 8. The molecule has 0 unspecified atom stereocenters. The van der Waals surface area contributed by atoms with Gasteiger partial charge >= 0.3 is 0 Å². The number of benzene rings is 1. The van der Waals surface area contributed by atoms with Gasteiger partial charge in [-0.15, -0.1) is 0 Å².